The Kier molecular flexibility index (Phi) is 7.39. The van der Waals surface area contributed by atoms with Gasteiger partial charge in [0.25, 0.3) is 0 Å². The molecule has 2 N–H and O–H groups in total. The molecule has 0 bridgehead atoms. The maximum absolute atomic E-state index is 13.4. The highest BCUT2D eigenvalue weighted by Crippen LogP contribution is 2.40. The molecule has 36 heavy (non-hydrogen) atoms. The van der Waals surface area contributed by atoms with Gasteiger partial charge in [0.1, 0.15) is 11.9 Å². The Morgan fingerprint density at radius 1 is 1.25 bits per heavy atom. The van der Waals surface area contributed by atoms with E-state index < -0.39 is 12.1 Å². The third kappa shape index (κ3) is 5.11. The Bertz CT molecular complexity index is 1030. The Morgan fingerprint density at radius 2 is 1.94 bits per heavy atom. The van der Waals surface area contributed by atoms with Crippen LogP contribution < -0.4 is 5.32 Å². The maximum Gasteiger partial charge on any atom is 0.494 e. The molecule has 2 saturated heterocycles. The zero-order valence-electron chi connectivity index (χ0n) is 22.5. The number of nitrogens with zero attached hydrogens (tertiary/aromatic N) is 2. The molecule has 2 fully saturated rings. The first-order valence-corrected chi connectivity index (χ1v) is 12.9. The van der Waals surface area contributed by atoms with E-state index >= 15 is 0 Å². The fraction of sp³-hybridized carbons (Fsp3) is 0.654. The van der Waals surface area contributed by atoms with Crippen molar-refractivity contribution in [1.82, 2.24) is 20.2 Å². The number of aromatic amines is 1. The first kappa shape index (κ1) is 26.5. The SMILES string of the molecule is COC(=O)N[C@H](C(=O)N1CCC[C@H]1c1ncc(C2C=CC(B3OC(C)(C)C(C)(C)O3)=CC2)[nH]1)C(C)C. The number of hydrogen-bond acceptors (Lipinski definition) is 6. The van der Waals surface area contributed by atoms with Gasteiger partial charge < -0.3 is 29.2 Å². The van der Waals surface area contributed by atoms with Crippen LogP contribution in [0.5, 0.6) is 0 Å². The van der Waals surface area contributed by atoms with Gasteiger partial charge in [-0.3, -0.25) is 4.79 Å². The lowest BCUT2D eigenvalue weighted by molar-refractivity contribution is -0.135. The van der Waals surface area contributed by atoms with E-state index in [9.17, 15) is 9.59 Å². The average Bonchev–Trinajstić information content (AvgIpc) is 3.54. The van der Waals surface area contributed by atoms with Crippen molar-refractivity contribution in [2.24, 2.45) is 5.92 Å². The normalized spacial score (nSPS) is 25.7. The average molecular weight is 498 g/mol. The van der Waals surface area contributed by atoms with Crippen LogP contribution in [0.1, 0.15) is 84.3 Å². The van der Waals surface area contributed by atoms with Crippen molar-refractivity contribution in [3.8, 4) is 0 Å². The predicted molar refractivity (Wildman–Crippen MR) is 137 cm³/mol. The standard InChI is InChI=1S/C26H39BN4O5/c1-16(2)21(30-24(33)34-7)23(32)31-14-8-9-20(31)22-28-15-19(29-22)17-10-12-18(13-11-17)27-35-25(3,4)26(5,6)36-27/h10,12-13,15-17,20-21H,8-9,11,14H2,1-7H3,(H,28,29)(H,30,33)/t17?,20-,21-/m0/s1. The zero-order chi connectivity index (χ0) is 26.3. The summed E-state index contributed by atoms with van der Waals surface area (Å²) in [6.07, 6.45) is 10.2. The molecule has 1 unspecified atom stereocenters. The number of amides is 2. The number of imidazole rings is 1. The van der Waals surface area contributed by atoms with Gasteiger partial charge in [0.05, 0.1) is 24.4 Å². The molecule has 3 heterocycles. The number of nitrogens with one attached hydrogen (secondary N) is 2. The second kappa shape index (κ2) is 10.1. The number of carbonyl (C=O) groups excluding carboxylic acids is 2. The minimum Gasteiger partial charge on any atom is -0.453 e. The van der Waals surface area contributed by atoms with Crippen LogP contribution in [-0.4, -0.2) is 64.9 Å². The van der Waals surface area contributed by atoms with Crippen molar-refractivity contribution < 1.29 is 23.6 Å². The molecule has 3 atom stereocenters. The molecule has 2 aliphatic heterocycles. The van der Waals surface area contributed by atoms with Gasteiger partial charge >= 0.3 is 13.2 Å². The van der Waals surface area contributed by atoms with E-state index in [1.807, 2.05) is 24.9 Å². The lowest BCUT2D eigenvalue weighted by Gasteiger charge is -2.32. The molecule has 0 radical (unpaired) electrons. The van der Waals surface area contributed by atoms with Crippen molar-refractivity contribution in [3.63, 3.8) is 0 Å². The summed E-state index contributed by atoms with van der Waals surface area (Å²) in [4.78, 5) is 35.1. The van der Waals surface area contributed by atoms with E-state index in [-0.39, 0.29) is 42.1 Å². The van der Waals surface area contributed by atoms with Crippen LogP contribution >= 0.6 is 0 Å². The molecule has 196 valence electrons. The number of aromatic nitrogens is 2. The van der Waals surface area contributed by atoms with Crippen LogP contribution in [0.3, 0.4) is 0 Å². The van der Waals surface area contributed by atoms with Gasteiger partial charge in [-0.25, -0.2) is 9.78 Å². The lowest BCUT2D eigenvalue weighted by atomic mass is 9.74. The summed E-state index contributed by atoms with van der Waals surface area (Å²) in [6, 6.07) is -0.789. The predicted octanol–water partition coefficient (Wildman–Crippen LogP) is 4.06. The third-order valence-electron chi connectivity index (χ3n) is 7.91. The Balaban J connectivity index is 1.42. The number of likely N-dealkylation sites (tertiary alicyclic amines) is 1. The second-order valence-corrected chi connectivity index (χ2v) is 11.3. The summed E-state index contributed by atoms with van der Waals surface area (Å²) in [7, 11) is 0.933. The molecule has 0 spiro atoms. The van der Waals surface area contributed by atoms with Gasteiger partial charge in [0, 0.05) is 24.4 Å². The van der Waals surface area contributed by atoms with Crippen molar-refractivity contribution in [2.45, 2.75) is 90.0 Å². The first-order valence-electron chi connectivity index (χ1n) is 12.9. The van der Waals surface area contributed by atoms with E-state index in [1.54, 1.807) is 0 Å². The van der Waals surface area contributed by atoms with Crippen LogP contribution in [-0.2, 0) is 18.8 Å². The summed E-state index contributed by atoms with van der Waals surface area (Å²) in [6.45, 7) is 12.7. The molecule has 10 heteroatoms. The molecule has 1 aromatic rings. The minimum absolute atomic E-state index is 0.0673. The second-order valence-electron chi connectivity index (χ2n) is 11.3. The Morgan fingerprint density at radius 3 is 2.53 bits per heavy atom. The molecular formula is C26H39BN4O5. The van der Waals surface area contributed by atoms with Crippen molar-refractivity contribution in [1.29, 1.82) is 0 Å². The fourth-order valence-electron chi connectivity index (χ4n) is 4.92. The molecular weight excluding hydrogens is 459 g/mol. The highest BCUT2D eigenvalue weighted by Gasteiger charge is 2.52. The molecule has 9 nitrogen and oxygen atoms in total. The number of hydrogen-bond donors (Lipinski definition) is 2. The number of H-pyrrole nitrogens is 1. The van der Waals surface area contributed by atoms with E-state index in [4.69, 9.17) is 14.0 Å². The number of ether oxygens (including phenoxy) is 1. The minimum atomic E-state index is -0.646. The van der Waals surface area contributed by atoms with Gasteiger partial charge in [0.15, 0.2) is 0 Å². The van der Waals surface area contributed by atoms with Gasteiger partial charge in [-0.1, -0.05) is 32.1 Å². The topological polar surface area (TPSA) is 106 Å². The van der Waals surface area contributed by atoms with E-state index in [0.29, 0.717) is 6.54 Å². The highest BCUT2D eigenvalue weighted by atomic mass is 16.7. The molecule has 0 saturated carbocycles. The summed E-state index contributed by atoms with van der Waals surface area (Å²) in [5.74, 6) is 0.767. The van der Waals surface area contributed by atoms with Crippen LogP contribution in [0.15, 0.2) is 29.9 Å². The Labute approximate surface area is 214 Å². The summed E-state index contributed by atoms with van der Waals surface area (Å²) < 4.78 is 17.1. The fourth-order valence-corrected chi connectivity index (χ4v) is 4.92. The molecule has 1 aromatic heterocycles. The van der Waals surface area contributed by atoms with Crippen molar-refractivity contribution in [3.05, 3.63) is 41.4 Å². The number of carbonyl (C=O) groups is 2. The van der Waals surface area contributed by atoms with Crippen LogP contribution in [0.25, 0.3) is 0 Å². The number of methoxy groups -OCH3 is 1. The van der Waals surface area contributed by atoms with E-state index in [1.165, 1.54) is 7.11 Å². The molecule has 4 rings (SSSR count). The quantitative estimate of drug-likeness (QED) is 0.574. The van der Waals surface area contributed by atoms with Crippen molar-refractivity contribution >= 4 is 19.1 Å². The maximum atomic E-state index is 13.4. The largest absolute Gasteiger partial charge is 0.494 e. The van der Waals surface area contributed by atoms with Crippen LogP contribution in [0.2, 0.25) is 0 Å². The molecule has 2 amide bonds. The number of allylic oxidation sites excluding steroid dienone is 4. The molecule has 1 aliphatic carbocycles. The van der Waals surface area contributed by atoms with Crippen LogP contribution in [0, 0.1) is 5.92 Å². The first-order chi connectivity index (χ1) is 16.9. The smallest absolute Gasteiger partial charge is 0.453 e. The summed E-state index contributed by atoms with van der Waals surface area (Å²) in [5, 5.41) is 2.69. The van der Waals surface area contributed by atoms with Gasteiger partial charge in [-0.05, 0) is 58.3 Å². The third-order valence-corrected chi connectivity index (χ3v) is 7.91. The number of alkyl carbamates (subject to hydrolysis) is 1. The van der Waals surface area contributed by atoms with E-state index in [0.717, 1.165) is 36.3 Å². The zero-order valence-corrected chi connectivity index (χ0v) is 22.5. The number of rotatable bonds is 6. The lowest BCUT2D eigenvalue weighted by Crippen LogP contribution is -2.51. The van der Waals surface area contributed by atoms with Gasteiger partial charge in [-0.15, -0.1) is 0 Å². The van der Waals surface area contributed by atoms with Crippen LogP contribution in [0.4, 0.5) is 4.79 Å². The van der Waals surface area contributed by atoms with Gasteiger partial charge in [0.2, 0.25) is 5.91 Å². The summed E-state index contributed by atoms with van der Waals surface area (Å²) >= 11 is 0. The van der Waals surface area contributed by atoms with E-state index in [2.05, 4.69) is 61.2 Å². The highest BCUT2D eigenvalue weighted by molar-refractivity contribution is 6.55. The monoisotopic (exact) mass is 498 g/mol. The van der Waals surface area contributed by atoms with Gasteiger partial charge in [-0.2, -0.15) is 0 Å². The molecule has 0 aromatic carbocycles. The Hall–Kier alpha value is -2.59. The summed E-state index contributed by atoms with van der Waals surface area (Å²) in [5.41, 5.74) is 1.31. The van der Waals surface area contributed by atoms with Crippen molar-refractivity contribution in [2.75, 3.05) is 13.7 Å². The molecule has 3 aliphatic rings.